The highest BCUT2D eigenvalue weighted by Crippen LogP contribution is 2.35. The van der Waals surface area contributed by atoms with Crippen LogP contribution in [0.15, 0.2) is 0 Å². The maximum Gasteiger partial charge on any atom is 0.466 e. The summed E-state index contributed by atoms with van der Waals surface area (Å²) in [5.74, 6) is -2.52. The van der Waals surface area contributed by atoms with E-state index in [2.05, 4.69) is 0 Å². The van der Waals surface area contributed by atoms with E-state index in [1.807, 2.05) is 0 Å². The molecule has 1 rings (SSSR count). The number of hydrogen-bond acceptors (Lipinski definition) is 1. The second-order valence-electron chi connectivity index (χ2n) is 3.91. The average molecular weight is 242 g/mol. The first-order valence-electron chi connectivity index (χ1n) is 4.88. The molecule has 1 fully saturated rings. The minimum Gasteiger partial charge on any atom is -0.378 e. The number of aliphatic hydroxyl groups is 1. The van der Waals surface area contributed by atoms with Gasteiger partial charge < -0.3 is 5.11 Å². The fourth-order valence-electron chi connectivity index (χ4n) is 1.53. The van der Waals surface area contributed by atoms with Crippen molar-refractivity contribution in [2.24, 2.45) is 0 Å². The van der Waals surface area contributed by atoms with Gasteiger partial charge in [0.1, 0.15) is 5.60 Å². The normalized spacial score (nSPS) is 21.1. The molecule has 0 aromatic heterocycles. The highest BCUT2D eigenvalue weighted by atomic mass is 19.4. The zero-order valence-electron chi connectivity index (χ0n) is 8.37. The van der Waals surface area contributed by atoms with Crippen molar-refractivity contribution in [1.82, 2.24) is 0 Å². The molecule has 1 saturated carbocycles. The maximum absolute atomic E-state index is 12.4. The molecule has 0 bridgehead atoms. The third kappa shape index (κ3) is 3.08. The quantitative estimate of drug-likeness (QED) is 0.511. The van der Waals surface area contributed by atoms with Gasteiger partial charge in [0.05, 0.1) is 0 Å². The molecule has 0 atom stereocenters. The van der Waals surface area contributed by atoms with Crippen molar-refractivity contribution in [2.45, 2.75) is 49.8 Å². The van der Waals surface area contributed by atoms with E-state index in [4.69, 9.17) is 0 Å². The van der Waals surface area contributed by atoms with Gasteiger partial charge in [-0.05, 0) is 31.6 Å². The summed E-state index contributed by atoms with van der Waals surface area (Å²) in [7, 11) is 0. The summed E-state index contributed by atoms with van der Waals surface area (Å²) in [5, 5.41) is 9.63. The number of hydrogen-bond donors (Lipinski definition) is 1. The number of halogens is 5. The van der Waals surface area contributed by atoms with Crippen molar-refractivity contribution in [2.75, 3.05) is 0 Å². The number of alkyl halides is 5. The first-order valence-corrected chi connectivity index (χ1v) is 4.88. The van der Waals surface area contributed by atoms with Gasteiger partial charge in [0.25, 0.3) is 0 Å². The summed E-state index contributed by atoms with van der Waals surface area (Å²) in [6, 6.07) is 0. The van der Waals surface area contributed by atoms with Crippen LogP contribution in [0, 0.1) is 11.8 Å². The van der Waals surface area contributed by atoms with Gasteiger partial charge in [-0.15, -0.1) is 0 Å². The minimum absolute atomic E-state index is 0.147. The Morgan fingerprint density at radius 1 is 0.938 bits per heavy atom. The SMILES string of the molecule is OC1(C#CC(F)(F)C(F)(F)F)CCCCC1. The van der Waals surface area contributed by atoms with Crippen LogP contribution < -0.4 is 0 Å². The molecule has 1 aliphatic rings. The lowest BCUT2D eigenvalue weighted by Crippen LogP contribution is -2.36. The summed E-state index contributed by atoms with van der Waals surface area (Å²) in [6.07, 6.45) is -3.39. The third-order valence-electron chi connectivity index (χ3n) is 2.49. The Hall–Kier alpha value is -0.830. The molecule has 0 heterocycles. The van der Waals surface area contributed by atoms with E-state index in [1.54, 1.807) is 5.92 Å². The fourth-order valence-corrected chi connectivity index (χ4v) is 1.53. The molecule has 0 aromatic rings. The zero-order valence-corrected chi connectivity index (χ0v) is 8.37. The van der Waals surface area contributed by atoms with Crippen molar-refractivity contribution in [3.05, 3.63) is 0 Å². The zero-order chi connectivity index (χ0) is 12.4. The van der Waals surface area contributed by atoms with Crippen molar-refractivity contribution in [3.63, 3.8) is 0 Å². The largest absolute Gasteiger partial charge is 0.466 e. The molecule has 0 unspecified atom stereocenters. The Labute approximate surface area is 89.6 Å². The molecule has 0 radical (unpaired) electrons. The summed E-state index contributed by atoms with van der Waals surface area (Å²) in [6.45, 7) is 0. The van der Waals surface area contributed by atoms with E-state index in [9.17, 15) is 27.1 Å². The molecule has 0 spiro atoms. The summed E-state index contributed by atoms with van der Waals surface area (Å²) < 4.78 is 60.2. The van der Waals surface area contributed by atoms with Crippen LogP contribution >= 0.6 is 0 Å². The molecule has 1 N–H and O–H groups in total. The monoisotopic (exact) mass is 242 g/mol. The molecular weight excluding hydrogens is 231 g/mol. The molecule has 6 heteroatoms. The van der Waals surface area contributed by atoms with Crippen LogP contribution in [0.25, 0.3) is 0 Å². The fraction of sp³-hybridized carbons (Fsp3) is 0.800. The predicted octanol–water partition coefficient (Wildman–Crippen LogP) is 2.88. The second-order valence-corrected chi connectivity index (χ2v) is 3.91. The number of rotatable bonds is 0. The van der Waals surface area contributed by atoms with Gasteiger partial charge >= 0.3 is 12.1 Å². The molecule has 16 heavy (non-hydrogen) atoms. The van der Waals surface area contributed by atoms with E-state index in [1.165, 1.54) is 0 Å². The van der Waals surface area contributed by atoms with Crippen molar-refractivity contribution in [1.29, 1.82) is 0 Å². The van der Waals surface area contributed by atoms with E-state index in [0.717, 1.165) is 12.3 Å². The molecule has 0 saturated heterocycles. The van der Waals surface area contributed by atoms with Crippen LogP contribution in [0.4, 0.5) is 22.0 Å². The Morgan fingerprint density at radius 2 is 1.44 bits per heavy atom. The Morgan fingerprint density at radius 3 is 1.88 bits per heavy atom. The molecule has 1 nitrogen and oxygen atoms in total. The maximum atomic E-state index is 12.4. The first kappa shape index (κ1) is 13.2. The smallest absolute Gasteiger partial charge is 0.378 e. The summed E-state index contributed by atoms with van der Waals surface area (Å²) in [4.78, 5) is 0. The summed E-state index contributed by atoms with van der Waals surface area (Å²) >= 11 is 0. The van der Waals surface area contributed by atoms with E-state index in [0.29, 0.717) is 12.8 Å². The van der Waals surface area contributed by atoms with Crippen LogP contribution in [-0.2, 0) is 0 Å². The highest BCUT2D eigenvalue weighted by molar-refractivity contribution is 5.21. The molecule has 0 amide bonds. The Kier molecular flexibility index (Phi) is 3.48. The topological polar surface area (TPSA) is 20.2 Å². The first-order chi connectivity index (χ1) is 7.16. The van der Waals surface area contributed by atoms with Crippen LogP contribution in [0.3, 0.4) is 0 Å². The summed E-state index contributed by atoms with van der Waals surface area (Å²) in [5.41, 5.74) is -1.69. The van der Waals surface area contributed by atoms with Gasteiger partial charge in [0.15, 0.2) is 0 Å². The second kappa shape index (κ2) is 4.21. The van der Waals surface area contributed by atoms with E-state index < -0.39 is 17.7 Å². The van der Waals surface area contributed by atoms with Gasteiger partial charge in [-0.25, -0.2) is 0 Å². The van der Waals surface area contributed by atoms with E-state index >= 15 is 0 Å². The minimum atomic E-state index is -5.69. The van der Waals surface area contributed by atoms with Crippen molar-refractivity contribution >= 4 is 0 Å². The lowest BCUT2D eigenvalue weighted by molar-refractivity contribution is -0.254. The van der Waals surface area contributed by atoms with Crippen LogP contribution in [0.1, 0.15) is 32.1 Å². The van der Waals surface area contributed by atoms with Gasteiger partial charge in [-0.1, -0.05) is 12.3 Å². The van der Waals surface area contributed by atoms with Gasteiger partial charge in [0.2, 0.25) is 0 Å². The Balaban J connectivity index is 2.80. The lowest BCUT2D eigenvalue weighted by Gasteiger charge is -2.26. The Bertz CT molecular complexity index is 303. The molecule has 1 aliphatic carbocycles. The lowest BCUT2D eigenvalue weighted by atomic mass is 9.85. The van der Waals surface area contributed by atoms with Crippen LogP contribution in [0.2, 0.25) is 0 Å². The van der Waals surface area contributed by atoms with Gasteiger partial charge in [-0.3, -0.25) is 0 Å². The van der Waals surface area contributed by atoms with E-state index in [-0.39, 0.29) is 12.8 Å². The van der Waals surface area contributed by atoms with Crippen LogP contribution in [-0.4, -0.2) is 22.8 Å². The molecule has 0 aromatic carbocycles. The highest BCUT2D eigenvalue weighted by Gasteiger charge is 2.56. The average Bonchev–Trinajstić information content (AvgIpc) is 2.15. The molecule has 0 aliphatic heterocycles. The molecule has 92 valence electrons. The van der Waals surface area contributed by atoms with Gasteiger partial charge in [-0.2, -0.15) is 22.0 Å². The van der Waals surface area contributed by atoms with Crippen molar-refractivity contribution < 1.29 is 27.1 Å². The van der Waals surface area contributed by atoms with Crippen LogP contribution in [0.5, 0.6) is 0 Å². The van der Waals surface area contributed by atoms with Crippen molar-refractivity contribution in [3.8, 4) is 11.8 Å². The predicted molar refractivity (Wildman–Crippen MR) is 46.8 cm³/mol. The third-order valence-corrected chi connectivity index (χ3v) is 2.49. The molecular formula is C10H11F5O. The van der Waals surface area contributed by atoms with Gasteiger partial charge in [0, 0.05) is 0 Å². The standard InChI is InChI=1S/C10H11F5O/c11-9(12,10(13,14)15)7-6-8(16)4-2-1-3-5-8/h16H,1-5H2.